The maximum atomic E-state index is 12.4. The summed E-state index contributed by atoms with van der Waals surface area (Å²) in [4.78, 5) is 67.9. The Morgan fingerprint density at radius 1 is 1.19 bits per heavy atom. The van der Waals surface area contributed by atoms with E-state index in [0.29, 0.717) is 5.71 Å². The predicted octanol–water partition coefficient (Wildman–Crippen LogP) is -0.318. The van der Waals surface area contributed by atoms with Gasteiger partial charge in [-0.15, -0.1) is 0 Å². The van der Waals surface area contributed by atoms with Crippen molar-refractivity contribution in [2.75, 3.05) is 13.2 Å². The van der Waals surface area contributed by atoms with E-state index in [1.54, 1.807) is 13.8 Å². The largest absolute Gasteiger partial charge is 0.490 e. The van der Waals surface area contributed by atoms with Crippen molar-refractivity contribution in [2.45, 2.75) is 45.1 Å². The van der Waals surface area contributed by atoms with E-state index in [-0.39, 0.29) is 25.0 Å². The fourth-order valence-corrected chi connectivity index (χ4v) is 5.81. The monoisotopic (exact) mass is 591 g/mol. The number of aromatic nitrogens is 2. The predicted molar refractivity (Wildman–Crippen MR) is 122 cm³/mol. The van der Waals surface area contributed by atoms with Crippen molar-refractivity contribution < 1.29 is 61.1 Å². The molecule has 1 aromatic rings. The summed E-state index contributed by atoms with van der Waals surface area (Å²) in [5.41, 5.74) is -1.32. The van der Waals surface area contributed by atoms with Crippen LogP contribution >= 0.6 is 23.5 Å². The highest BCUT2D eigenvalue weighted by Crippen LogP contribution is 2.66. The van der Waals surface area contributed by atoms with Crippen LogP contribution in [0.1, 0.15) is 38.5 Å². The molecule has 6 N–H and O–H groups in total. The second kappa shape index (κ2) is 12.7. The average Bonchev–Trinajstić information content (AvgIpc) is 3.12. The smallest absolute Gasteiger partial charge is 0.395 e. The van der Waals surface area contributed by atoms with Gasteiger partial charge in [0.1, 0.15) is 17.9 Å². The van der Waals surface area contributed by atoms with Gasteiger partial charge in [-0.2, -0.15) is 8.62 Å². The zero-order valence-corrected chi connectivity index (χ0v) is 21.9. The molecule has 0 amide bonds. The first kappa shape index (κ1) is 31.3. The second-order valence-corrected chi connectivity index (χ2v) is 11.8. The number of hydrogen-bond donors (Lipinski definition) is 6. The molecular weight excluding hydrogens is 567 g/mol. The SMILES string of the molecule is CC(C)=NO[C@@H]1C[C@H](n2cc(C#CCCO)c(=O)[nH]c2=O)OC1COP(=O)(O)OP(=O)(O)OP(=O)(O)O. The van der Waals surface area contributed by atoms with Gasteiger partial charge in [-0.3, -0.25) is 18.9 Å². The van der Waals surface area contributed by atoms with Crippen molar-refractivity contribution in [1.82, 2.24) is 9.55 Å². The third kappa shape index (κ3) is 10.4. The van der Waals surface area contributed by atoms with Crippen LogP contribution in [0.15, 0.2) is 20.9 Å². The first-order chi connectivity index (χ1) is 17.0. The van der Waals surface area contributed by atoms with Crippen LogP contribution in [-0.4, -0.2) is 65.4 Å². The van der Waals surface area contributed by atoms with Crippen molar-refractivity contribution in [3.8, 4) is 11.8 Å². The summed E-state index contributed by atoms with van der Waals surface area (Å²) < 4.78 is 52.8. The zero-order valence-electron chi connectivity index (χ0n) is 19.2. The van der Waals surface area contributed by atoms with Crippen molar-refractivity contribution in [3.63, 3.8) is 0 Å². The first-order valence-corrected chi connectivity index (χ1v) is 14.6. The van der Waals surface area contributed by atoms with Crippen LogP contribution in [0.4, 0.5) is 0 Å². The number of aromatic amines is 1. The van der Waals surface area contributed by atoms with Gasteiger partial charge in [0, 0.05) is 19.0 Å². The number of aliphatic hydroxyl groups is 1. The molecule has 1 aromatic heterocycles. The highest BCUT2D eigenvalue weighted by atomic mass is 31.3. The molecule has 0 spiro atoms. The number of ether oxygens (including phenoxy) is 1. The zero-order chi connectivity index (χ0) is 28.0. The molecule has 0 bridgehead atoms. The van der Waals surface area contributed by atoms with E-state index in [1.165, 1.54) is 0 Å². The van der Waals surface area contributed by atoms with Crippen molar-refractivity contribution in [1.29, 1.82) is 0 Å². The Kier molecular flexibility index (Phi) is 10.8. The molecule has 1 aliphatic heterocycles. The lowest BCUT2D eigenvalue weighted by atomic mass is 10.2. The van der Waals surface area contributed by atoms with E-state index in [4.69, 9.17) is 24.5 Å². The van der Waals surface area contributed by atoms with Crippen LogP contribution in [0, 0.1) is 11.8 Å². The maximum absolute atomic E-state index is 12.4. The van der Waals surface area contributed by atoms with Gasteiger partial charge >= 0.3 is 29.2 Å². The molecule has 0 aromatic carbocycles. The van der Waals surface area contributed by atoms with Crippen LogP contribution in [0.5, 0.6) is 0 Å². The van der Waals surface area contributed by atoms with Crippen molar-refractivity contribution in [3.05, 3.63) is 32.6 Å². The molecule has 0 saturated carbocycles. The lowest BCUT2D eigenvalue weighted by Gasteiger charge is -2.20. The molecule has 3 unspecified atom stereocenters. The molecule has 18 nitrogen and oxygen atoms in total. The van der Waals surface area contributed by atoms with Gasteiger partial charge in [-0.05, 0) is 13.8 Å². The molecule has 1 aliphatic rings. The van der Waals surface area contributed by atoms with Gasteiger partial charge in [0.2, 0.25) is 0 Å². The number of nitrogens with one attached hydrogen (secondary N) is 1. The number of phosphoric acid groups is 3. The molecule has 2 heterocycles. The Labute approximate surface area is 208 Å². The third-order valence-corrected chi connectivity index (χ3v) is 7.91. The summed E-state index contributed by atoms with van der Waals surface area (Å²) in [5.74, 6) is 5.03. The van der Waals surface area contributed by atoms with E-state index in [2.05, 4.69) is 35.1 Å². The lowest BCUT2D eigenvalue weighted by Crippen LogP contribution is -2.33. The van der Waals surface area contributed by atoms with Crippen molar-refractivity contribution in [2.24, 2.45) is 5.16 Å². The number of H-pyrrole nitrogens is 1. The van der Waals surface area contributed by atoms with Gasteiger partial charge < -0.3 is 34.3 Å². The van der Waals surface area contributed by atoms with Gasteiger partial charge in [-0.1, -0.05) is 17.0 Å². The van der Waals surface area contributed by atoms with Gasteiger partial charge in [0.25, 0.3) is 5.56 Å². The van der Waals surface area contributed by atoms with Crippen LogP contribution in [-0.2, 0) is 36.4 Å². The average molecular weight is 591 g/mol. The fourth-order valence-electron chi connectivity index (χ4n) is 2.78. The molecule has 0 radical (unpaired) electrons. The van der Waals surface area contributed by atoms with Gasteiger partial charge in [0.05, 0.1) is 18.9 Å². The quantitative estimate of drug-likeness (QED) is 0.0833. The molecule has 0 aliphatic carbocycles. The van der Waals surface area contributed by atoms with E-state index >= 15 is 0 Å². The molecule has 1 fully saturated rings. The highest BCUT2D eigenvalue weighted by Gasteiger charge is 2.44. The Hall–Kier alpha value is -1.96. The summed E-state index contributed by atoms with van der Waals surface area (Å²) in [6.07, 6.45) is -2.32. The van der Waals surface area contributed by atoms with E-state index < -0.39 is 59.8 Å². The third-order valence-electron chi connectivity index (χ3n) is 4.11. The molecule has 37 heavy (non-hydrogen) atoms. The number of hydrogen-bond acceptors (Lipinski definition) is 12. The van der Waals surface area contributed by atoms with Crippen LogP contribution in [0.3, 0.4) is 0 Å². The standard InChI is InChI=1S/C16H24N3O15P3/c1-10(2)18-32-12-7-14(19-8-11(5-3-4-6-20)15(21)17-16(19)22)31-13(12)9-30-36(26,27)34-37(28,29)33-35(23,24)25/h8,12-14,20H,4,6-7,9H2,1-2H3,(H,26,27)(H,28,29)(H,17,21,22)(H2,23,24,25)/t12-,13?,14-/m1/s1. The molecule has 208 valence electrons. The Balaban J connectivity index is 2.25. The second-order valence-electron chi connectivity index (χ2n) is 7.42. The molecule has 2 rings (SSSR count). The summed E-state index contributed by atoms with van der Waals surface area (Å²) in [6.45, 7) is 2.09. The number of aliphatic hydroxyl groups excluding tert-OH is 1. The van der Waals surface area contributed by atoms with Gasteiger partial charge in [-0.25, -0.2) is 18.5 Å². The summed E-state index contributed by atoms with van der Waals surface area (Å²) in [6, 6.07) is 0. The minimum absolute atomic E-state index is 0.0749. The number of rotatable bonds is 11. The Morgan fingerprint density at radius 2 is 1.86 bits per heavy atom. The summed E-state index contributed by atoms with van der Waals surface area (Å²) in [5, 5.41) is 12.6. The molecule has 1 saturated heterocycles. The number of nitrogens with zero attached hydrogens (tertiary/aromatic N) is 2. The van der Waals surface area contributed by atoms with E-state index in [0.717, 1.165) is 10.8 Å². The minimum Gasteiger partial charge on any atom is -0.395 e. The maximum Gasteiger partial charge on any atom is 0.490 e. The number of oxime groups is 1. The van der Waals surface area contributed by atoms with E-state index in [9.17, 15) is 33.1 Å². The molecule has 21 heteroatoms. The molecular formula is C16H24N3O15P3. The fraction of sp³-hybridized carbons (Fsp3) is 0.562. The summed E-state index contributed by atoms with van der Waals surface area (Å²) in [7, 11) is -16.8. The highest BCUT2D eigenvalue weighted by molar-refractivity contribution is 7.66. The first-order valence-electron chi connectivity index (χ1n) is 10.1. The number of phosphoric ester groups is 1. The van der Waals surface area contributed by atoms with E-state index in [1.807, 2.05) is 0 Å². The Bertz CT molecular complexity index is 1320. The van der Waals surface area contributed by atoms with Crippen LogP contribution in [0.2, 0.25) is 0 Å². The topological polar surface area (TPSA) is 266 Å². The normalized spacial score (nSPS) is 22.8. The van der Waals surface area contributed by atoms with Gasteiger partial charge in [0.15, 0.2) is 6.10 Å². The lowest BCUT2D eigenvalue weighted by molar-refractivity contribution is -0.0605. The Morgan fingerprint density at radius 3 is 2.46 bits per heavy atom. The minimum atomic E-state index is -5.73. The summed E-state index contributed by atoms with van der Waals surface area (Å²) >= 11 is 0. The van der Waals surface area contributed by atoms with Crippen molar-refractivity contribution >= 4 is 29.2 Å². The van der Waals surface area contributed by atoms with Crippen LogP contribution < -0.4 is 11.2 Å². The van der Waals surface area contributed by atoms with Crippen LogP contribution in [0.25, 0.3) is 0 Å². The molecule has 5 atom stereocenters.